The zero-order valence-electron chi connectivity index (χ0n) is 9.20. The molecule has 2 N–H and O–H groups in total. The van der Waals surface area contributed by atoms with Crippen molar-refractivity contribution in [2.75, 3.05) is 27.0 Å². The van der Waals surface area contributed by atoms with Crippen molar-refractivity contribution in [3.8, 4) is 0 Å². The molecule has 0 spiro atoms. The maximum absolute atomic E-state index is 10.5. The van der Waals surface area contributed by atoms with E-state index < -0.39 is 0 Å². The van der Waals surface area contributed by atoms with Gasteiger partial charge in [-0.2, -0.15) is 0 Å². The first-order valence-corrected chi connectivity index (χ1v) is 4.75. The summed E-state index contributed by atoms with van der Waals surface area (Å²) >= 11 is 4.64. The van der Waals surface area contributed by atoms with E-state index >= 15 is 0 Å². The van der Waals surface area contributed by atoms with Crippen molar-refractivity contribution in [3.63, 3.8) is 0 Å². The van der Waals surface area contributed by atoms with Crippen LogP contribution in [0, 0.1) is 0 Å². The van der Waals surface area contributed by atoms with Crippen LogP contribution in [0.25, 0.3) is 0 Å². The van der Waals surface area contributed by atoms with Gasteiger partial charge in [-0.3, -0.25) is 4.79 Å². The van der Waals surface area contributed by atoms with E-state index in [0.717, 1.165) is 0 Å². The number of halogens is 1. The lowest BCUT2D eigenvalue weighted by Crippen LogP contribution is -2.22. The number of hydrogen-bond acceptors (Lipinski definition) is 2. The first kappa shape index (κ1) is 18.3. The third-order valence-corrected chi connectivity index (χ3v) is 0.725. The molecule has 0 aromatic heterocycles. The minimum Gasteiger partial charge on any atom is -0.353 e. The molecular weight excluding hydrogens is 188 g/mol. The van der Waals surface area contributed by atoms with Gasteiger partial charge in [0.1, 0.15) is 0 Å². The summed E-state index contributed by atoms with van der Waals surface area (Å²) in [5.41, 5.74) is 0.562. The SMILES string of the molecule is C=C(C)C(=O)NCC.CCl.CNC. The van der Waals surface area contributed by atoms with Crippen LogP contribution in [-0.2, 0) is 4.79 Å². The van der Waals surface area contributed by atoms with Crippen LogP contribution in [0.1, 0.15) is 13.8 Å². The van der Waals surface area contributed by atoms with Crippen molar-refractivity contribution in [3.05, 3.63) is 12.2 Å². The minimum absolute atomic E-state index is 0.0625. The molecule has 0 aliphatic carbocycles. The van der Waals surface area contributed by atoms with Gasteiger partial charge in [0.05, 0.1) is 0 Å². The summed E-state index contributed by atoms with van der Waals surface area (Å²) in [5.74, 6) is -0.0625. The second-order valence-corrected chi connectivity index (χ2v) is 2.14. The fourth-order valence-electron chi connectivity index (χ4n) is 0.311. The Morgan fingerprint density at radius 2 is 1.69 bits per heavy atom. The van der Waals surface area contributed by atoms with Gasteiger partial charge in [-0.1, -0.05) is 6.58 Å². The van der Waals surface area contributed by atoms with E-state index in [1.165, 1.54) is 6.38 Å². The second-order valence-electron chi connectivity index (χ2n) is 2.14. The highest BCUT2D eigenvalue weighted by atomic mass is 35.5. The first-order chi connectivity index (χ1) is 6.09. The highest BCUT2D eigenvalue weighted by Gasteiger charge is 1.95. The van der Waals surface area contributed by atoms with Crippen LogP contribution in [0.2, 0.25) is 0 Å². The van der Waals surface area contributed by atoms with Gasteiger partial charge < -0.3 is 10.6 Å². The van der Waals surface area contributed by atoms with Crippen LogP contribution in [0.4, 0.5) is 0 Å². The normalized spacial score (nSPS) is 6.92. The monoisotopic (exact) mass is 208 g/mol. The fourth-order valence-corrected chi connectivity index (χ4v) is 0.311. The highest BCUT2D eigenvalue weighted by molar-refractivity contribution is 6.15. The molecule has 0 heterocycles. The molecule has 0 rings (SSSR count). The Labute approximate surface area is 86.5 Å². The molecule has 0 radical (unpaired) electrons. The topological polar surface area (TPSA) is 41.1 Å². The van der Waals surface area contributed by atoms with E-state index in [1.54, 1.807) is 6.92 Å². The molecule has 80 valence electrons. The van der Waals surface area contributed by atoms with Crippen molar-refractivity contribution in [2.45, 2.75) is 13.8 Å². The van der Waals surface area contributed by atoms with Crippen molar-refractivity contribution in [2.24, 2.45) is 0 Å². The predicted octanol–water partition coefficient (Wildman–Crippen LogP) is 1.39. The van der Waals surface area contributed by atoms with Crippen molar-refractivity contribution in [1.82, 2.24) is 10.6 Å². The third kappa shape index (κ3) is 24.6. The van der Waals surface area contributed by atoms with Crippen LogP contribution < -0.4 is 10.6 Å². The number of carbonyl (C=O) groups is 1. The molecule has 4 heteroatoms. The summed E-state index contributed by atoms with van der Waals surface area (Å²) in [6.07, 6.45) is 1.47. The molecule has 1 amide bonds. The molecule has 0 atom stereocenters. The maximum atomic E-state index is 10.5. The standard InChI is InChI=1S/C6H11NO.C2H7N.CH3Cl/c1-4-7-6(8)5(2)3;1-3-2;1-2/h2,4H2,1,3H3,(H,7,8);3H,1-2H3;1H3. The number of likely N-dealkylation sites (N-methyl/N-ethyl adjacent to an activating group) is 1. The van der Waals surface area contributed by atoms with Gasteiger partial charge in [-0.15, -0.1) is 11.6 Å². The van der Waals surface area contributed by atoms with Crippen molar-refractivity contribution in [1.29, 1.82) is 0 Å². The maximum Gasteiger partial charge on any atom is 0.246 e. The Hall–Kier alpha value is -0.540. The quantitative estimate of drug-likeness (QED) is 0.532. The lowest BCUT2D eigenvalue weighted by Gasteiger charge is -1.97. The van der Waals surface area contributed by atoms with E-state index in [1.807, 2.05) is 21.0 Å². The lowest BCUT2D eigenvalue weighted by molar-refractivity contribution is -0.117. The van der Waals surface area contributed by atoms with E-state index in [4.69, 9.17) is 0 Å². The summed E-state index contributed by atoms with van der Waals surface area (Å²) in [7, 11) is 3.75. The number of nitrogens with one attached hydrogen (secondary N) is 2. The number of amides is 1. The van der Waals surface area contributed by atoms with Gasteiger partial charge >= 0.3 is 0 Å². The Balaban J connectivity index is -0.000000169. The first-order valence-electron chi connectivity index (χ1n) is 4.00. The van der Waals surface area contributed by atoms with E-state index in [9.17, 15) is 4.79 Å². The van der Waals surface area contributed by atoms with Crippen LogP contribution in [0.3, 0.4) is 0 Å². The van der Waals surface area contributed by atoms with Crippen LogP contribution in [-0.4, -0.2) is 32.9 Å². The summed E-state index contributed by atoms with van der Waals surface area (Å²) in [5, 5.41) is 5.36. The lowest BCUT2D eigenvalue weighted by atomic mass is 10.3. The number of rotatable bonds is 2. The average Bonchev–Trinajstić information content (AvgIpc) is 2.10. The molecule has 0 aromatic rings. The van der Waals surface area contributed by atoms with Gasteiger partial charge in [0, 0.05) is 18.5 Å². The Morgan fingerprint density at radius 1 is 1.38 bits per heavy atom. The van der Waals surface area contributed by atoms with Gasteiger partial charge in [0.2, 0.25) is 5.91 Å². The molecule has 0 saturated heterocycles. The van der Waals surface area contributed by atoms with Crippen LogP contribution in [0.15, 0.2) is 12.2 Å². The van der Waals surface area contributed by atoms with Gasteiger partial charge in [0.25, 0.3) is 0 Å². The minimum atomic E-state index is -0.0625. The van der Waals surface area contributed by atoms with Crippen LogP contribution in [0.5, 0.6) is 0 Å². The van der Waals surface area contributed by atoms with Crippen LogP contribution >= 0.6 is 11.6 Å². The average molecular weight is 209 g/mol. The smallest absolute Gasteiger partial charge is 0.246 e. The number of carbonyl (C=O) groups excluding carboxylic acids is 1. The Bertz CT molecular complexity index is 127. The zero-order valence-corrected chi connectivity index (χ0v) is 9.96. The van der Waals surface area contributed by atoms with E-state index in [0.29, 0.717) is 12.1 Å². The highest BCUT2D eigenvalue weighted by Crippen LogP contribution is 1.82. The second kappa shape index (κ2) is 17.5. The molecule has 0 aliphatic rings. The summed E-state index contributed by atoms with van der Waals surface area (Å²) in [6.45, 7) is 7.70. The number of alkyl halides is 1. The molecule has 3 nitrogen and oxygen atoms in total. The predicted molar refractivity (Wildman–Crippen MR) is 60.3 cm³/mol. The van der Waals surface area contributed by atoms with Crippen molar-refractivity contribution < 1.29 is 4.79 Å². The summed E-state index contributed by atoms with van der Waals surface area (Å²) in [6, 6.07) is 0. The Kier molecular flexibility index (Phi) is 24.6. The van der Waals surface area contributed by atoms with Gasteiger partial charge in [-0.05, 0) is 27.9 Å². The molecule has 0 aromatic carbocycles. The molecule has 0 unspecified atom stereocenters. The fraction of sp³-hybridized carbons (Fsp3) is 0.667. The Morgan fingerprint density at radius 3 is 1.77 bits per heavy atom. The molecule has 0 fully saturated rings. The molecule has 0 aliphatic heterocycles. The van der Waals surface area contributed by atoms with Gasteiger partial charge in [-0.25, -0.2) is 0 Å². The summed E-state index contributed by atoms with van der Waals surface area (Å²) in [4.78, 5) is 10.5. The molecular formula is C9H21ClN2O. The summed E-state index contributed by atoms with van der Waals surface area (Å²) < 4.78 is 0. The number of hydrogen-bond donors (Lipinski definition) is 2. The molecule has 13 heavy (non-hydrogen) atoms. The van der Waals surface area contributed by atoms with Gasteiger partial charge in [0.15, 0.2) is 0 Å². The van der Waals surface area contributed by atoms with E-state index in [2.05, 4.69) is 28.8 Å². The van der Waals surface area contributed by atoms with Crippen molar-refractivity contribution >= 4 is 17.5 Å². The largest absolute Gasteiger partial charge is 0.353 e. The van der Waals surface area contributed by atoms with E-state index in [-0.39, 0.29) is 5.91 Å². The zero-order chi connectivity index (χ0) is 11.3. The molecule has 0 saturated carbocycles. The third-order valence-electron chi connectivity index (χ3n) is 0.725. The molecule has 0 bridgehead atoms.